The van der Waals surface area contributed by atoms with Gasteiger partial charge in [-0.2, -0.15) is 5.26 Å². The first-order valence-electron chi connectivity index (χ1n) is 9.93. The van der Waals surface area contributed by atoms with Crippen LogP contribution < -0.4 is 10.0 Å². The van der Waals surface area contributed by atoms with Crippen LogP contribution in [0.3, 0.4) is 0 Å². The van der Waals surface area contributed by atoms with E-state index in [9.17, 15) is 13.7 Å². The van der Waals surface area contributed by atoms with Crippen molar-refractivity contribution < 1.29 is 17.9 Å². The molecule has 0 spiro atoms. The summed E-state index contributed by atoms with van der Waals surface area (Å²) in [5, 5.41) is 14.5. The highest BCUT2D eigenvalue weighted by Gasteiger charge is 2.49. The molecule has 0 saturated carbocycles. The summed E-state index contributed by atoms with van der Waals surface area (Å²) in [6.45, 7) is 0.493. The van der Waals surface area contributed by atoms with Crippen molar-refractivity contribution in [1.29, 1.82) is 5.26 Å². The lowest BCUT2D eigenvalue weighted by molar-refractivity contribution is 0.0690. The Balaban J connectivity index is 1.28. The number of aromatic nitrogens is 2. The second-order valence-corrected chi connectivity index (χ2v) is 10.1. The monoisotopic (exact) mass is 469 g/mol. The summed E-state index contributed by atoms with van der Waals surface area (Å²) in [6.07, 6.45) is 0.872. The van der Waals surface area contributed by atoms with E-state index in [0.717, 1.165) is 10.6 Å². The fourth-order valence-corrected chi connectivity index (χ4v) is 6.02. The number of nitriles is 1. The quantitative estimate of drug-likeness (QED) is 0.561. The van der Waals surface area contributed by atoms with Gasteiger partial charge >= 0.3 is 0 Å². The van der Waals surface area contributed by atoms with Crippen LogP contribution in [0, 0.1) is 11.3 Å². The van der Waals surface area contributed by atoms with Crippen LogP contribution in [0.5, 0.6) is 0 Å². The van der Waals surface area contributed by atoms with E-state index in [0.29, 0.717) is 12.6 Å². The number of hydrogen-bond donors (Lipinski definition) is 2. The molecular formula is C21H19N5O4S2. The van der Waals surface area contributed by atoms with E-state index in [1.54, 1.807) is 29.7 Å². The van der Waals surface area contributed by atoms with Gasteiger partial charge < -0.3 is 14.8 Å². The first kappa shape index (κ1) is 21.0. The largest absolute Gasteiger partial charge is 0.371 e. The molecule has 2 saturated heterocycles. The zero-order valence-corrected chi connectivity index (χ0v) is 18.3. The molecule has 2 aromatic heterocycles. The molecule has 1 aromatic carbocycles. The molecule has 2 N–H and O–H groups in total. The van der Waals surface area contributed by atoms with Crippen LogP contribution in [-0.2, 0) is 19.5 Å². The van der Waals surface area contributed by atoms with Gasteiger partial charge in [-0.05, 0) is 29.6 Å². The molecular weight excluding hydrogens is 450 g/mol. The molecule has 3 aromatic rings. The lowest BCUT2D eigenvalue weighted by Gasteiger charge is -2.18. The maximum atomic E-state index is 12.9. The molecule has 2 aliphatic heterocycles. The van der Waals surface area contributed by atoms with Gasteiger partial charge in [-0.3, -0.25) is 0 Å². The van der Waals surface area contributed by atoms with Crippen molar-refractivity contribution in [1.82, 2.24) is 14.7 Å². The van der Waals surface area contributed by atoms with E-state index in [1.807, 2.05) is 29.6 Å². The minimum Gasteiger partial charge on any atom is -0.371 e. The molecule has 9 nitrogen and oxygen atoms in total. The minimum atomic E-state index is -3.91. The Bertz CT molecular complexity index is 1260. The zero-order valence-electron chi connectivity index (χ0n) is 16.7. The molecule has 0 unspecified atom stereocenters. The van der Waals surface area contributed by atoms with Gasteiger partial charge in [-0.25, -0.2) is 23.1 Å². The molecule has 5 rings (SSSR count). The number of hydrogen-bond acceptors (Lipinski definition) is 9. The number of thiophene rings is 1. The van der Waals surface area contributed by atoms with E-state index >= 15 is 0 Å². The van der Waals surface area contributed by atoms with Gasteiger partial charge in [-0.15, -0.1) is 11.3 Å². The highest BCUT2D eigenvalue weighted by molar-refractivity contribution is 7.89. The Morgan fingerprint density at radius 2 is 1.84 bits per heavy atom. The summed E-state index contributed by atoms with van der Waals surface area (Å²) >= 11 is 1.60. The normalized spacial score (nSPS) is 24.7. The predicted molar refractivity (Wildman–Crippen MR) is 118 cm³/mol. The third kappa shape index (κ3) is 3.99. The van der Waals surface area contributed by atoms with Crippen LogP contribution in [0.15, 0.2) is 58.9 Å². The molecule has 0 amide bonds. The van der Waals surface area contributed by atoms with Gasteiger partial charge in [0.15, 0.2) is 0 Å². The number of sulfonamides is 1. The summed E-state index contributed by atoms with van der Waals surface area (Å²) in [5.74, 6) is 0.459. The van der Waals surface area contributed by atoms with Gasteiger partial charge in [0, 0.05) is 6.20 Å². The molecule has 32 heavy (non-hydrogen) atoms. The van der Waals surface area contributed by atoms with Gasteiger partial charge in [-0.1, -0.05) is 18.2 Å². The molecule has 11 heteroatoms. The smallest absolute Gasteiger partial charge is 0.242 e. The second kappa shape index (κ2) is 8.57. The molecule has 4 atom stereocenters. The maximum Gasteiger partial charge on any atom is 0.242 e. The molecule has 2 aliphatic rings. The van der Waals surface area contributed by atoms with Crippen molar-refractivity contribution in [3.63, 3.8) is 0 Å². The van der Waals surface area contributed by atoms with Crippen molar-refractivity contribution in [3.05, 3.63) is 59.6 Å². The van der Waals surface area contributed by atoms with E-state index in [4.69, 9.17) is 9.47 Å². The summed E-state index contributed by atoms with van der Waals surface area (Å²) < 4.78 is 40.1. The molecule has 0 bridgehead atoms. The Morgan fingerprint density at radius 3 is 2.62 bits per heavy atom. The van der Waals surface area contributed by atoms with Crippen LogP contribution in [0.2, 0.25) is 0 Å². The number of nitrogens with zero attached hydrogens (tertiary/aromatic N) is 3. The van der Waals surface area contributed by atoms with E-state index in [1.165, 1.54) is 12.1 Å². The predicted octanol–water partition coefficient (Wildman–Crippen LogP) is 2.00. The standard InChI is InChI=1S/C21H19N5O4S2/c22-10-13-4-1-2-6-18(13)32(27,28)26-16-12-30-19-15(11-29-20(16)19)25-21-23-8-7-14(24-21)17-5-3-9-31-17/h1-9,15-16,19-20,26H,11-12H2,(H,23,24,25)/t15-,16+,19-,20+/m0/s1. The fraction of sp³-hybridized carbons (Fsp3) is 0.286. The minimum absolute atomic E-state index is 0.0580. The van der Waals surface area contributed by atoms with Gasteiger partial charge in [0.2, 0.25) is 16.0 Å². The van der Waals surface area contributed by atoms with Crippen LogP contribution in [0.25, 0.3) is 10.6 Å². The Hall–Kier alpha value is -2.88. The third-order valence-electron chi connectivity index (χ3n) is 5.40. The number of anilines is 1. The van der Waals surface area contributed by atoms with Crippen molar-refractivity contribution in [2.75, 3.05) is 18.5 Å². The van der Waals surface area contributed by atoms with E-state index in [2.05, 4.69) is 20.0 Å². The molecule has 4 heterocycles. The second-order valence-electron chi connectivity index (χ2n) is 7.43. The lowest BCUT2D eigenvalue weighted by Crippen LogP contribution is -2.44. The van der Waals surface area contributed by atoms with Crippen molar-refractivity contribution in [2.24, 2.45) is 0 Å². The summed E-state index contributed by atoms with van der Waals surface area (Å²) in [5.41, 5.74) is 0.909. The first-order valence-corrected chi connectivity index (χ1v) is 12.3. The number of rotatable bonds is 6. The first-order chi connectivity index (χ1) is 15.5. The average molecular weight is 470 g/mol. The number of benzene rings is 1. The Labute approximate surface area is 189 Å². The average Bonchev–Trinajstić information content (AvgIpc) is 3.54. The number of fused-ring (bicyclic) bond motifs is 1. The third-order valence-corrected chi connectivity index (χ3v) is 7.84. The van der Waals surface area contributed by atoms with Crippen LogP contribution in [-0.4, -0.2) is 55.9 Å². The number of ether oxygens (including phenoxy) is 2. The van der Waals surface area contributed by atoms with Crippen molar-refractivity contribution >= 4 is 27.3 Å². The molecule has 164 valence electrons. The SMILES string of the molecule is N#Cc1ccccc1S(=O)(=O)N[C@@H]1CO[C@@H]2[C@@H]1OC[C@@H]2Nc1nccc(-c2cccs2)n1. The van der Waals surface area contributed by atoms with Gasteiger partial charge in [0.05, 0.1) is 46.3 Å². The van der Waals surface area contributed by atoms with Gasteiger partial charge in [0.25, 0.3) is 0 Å². The Kier molecular flexibility index (Phi) is 5.62. The lowest BCUT2D eigenvalue weighted by atomic mass is 10.1. The fourth-order valence-electron chi connectivity index (χ4n) is 3.94. The van der Waals surface area contributed by atoms with Gasteiger partial charge in [0.1, 0.15) is 18.3 Å². The van der Waals surface area contributed by atoms with Crippen LogP contribution in [0.4, 0.5) is 5.95 Å². The maximum absolute atomic E-state index is 12.9. The highest BCUT2D eigenvalue weighted by atomic mass is 32.2. The van der Waals surface area contributed by atoms with E-state index in [-0.39, 0.29) is 29.2 Å². The highest BCUT2D eigenvalue weighted by Crippen LogP contribution is 2.30. The Morgan fingerprint density at radius 1 is 1.06 bits per heavy atom. The molecule has 2 fully saturated rings. The van der Waals surface area contributed by atoms with Crippen LogP contribution >= 0.6 is 11.3 Å². The summed E-state index contributed by atoms with van der Waals surface area (Å²) in [6, 6.07) is 13.0. The van der Waals surface area contributed by atoms with Crippen molar-refractivity contribution in [3.8, 4) is 16.6 Å². The van der Waals surface area contributed by atoms with Crippen LogP contribution in [0.1, 0.15) is 5.56 Å². The molecule has 0 aliphatic carbocycles. The molecule has 0 radical (unpaired) electrons. The number of nitrogens with one attached hydrogen (secondary N) is 2. The van der Waals surface area contributed by atoms with Crippen molar-refractivity contribution in [2.45, 2.75) is 29.2 Å². The topological polar surface area (TPSA) is 126 Å². The summed E-state index contributed by atoms with van der Waals surface area (Å²) in [4.78, 5) is 9.84. The summed E-state index contributed by atoms with van der Waals surface area (Å²) in [7, 11) is -3.91. The van der Waals surface area contributed by atoms with E-state index < -0.39 is 22.2 Å². The zero-order chi connectivity index (χ0) is 22.1.